The summed E-state index contributed by atoms with van der Waals surface area (Å²) < 4.78 is 10.8. The minimum absolute atomic E-state index is 0.0424. The Hall–Kier alpha value is -3.52. The van der Waals surface area contributed by atoms with Gasteiger partial charge in [0.15, 0.2) is 0 Å². The molecule has 1 aliphatic heterocycles. The van der Waals surface area contributed by atoms with E-state index >= 15 is 0 Å². The van der Waals surface area contributed by atoms with E-state index in [-0.39, 0.29) is 17.2 Å². The van der Waals surface area contributed by atoms with Crippen molar-refractivity contribution in [2.45, 2.75) is 12.8 Å². The summed E-state index contributed by atoms with van der Waals surface area (Å²) in [5.41, 5.74) is 8.64. The number of hydrogen-bond acceptors (Lipinski definition) is 5. The fourth-order valence-corrected chi connectivity index (χ4v) is 3.20. The first-order valence-corrected chi connectivity index (χ1v) is 7.80. The van der Waals surface area contributed by atoms with Crippen molar-refractivity contribution in [2.75, 3.05) is 0 Å². The maximum Gasteiger partial charge on any atom is 0.380 e. The zero-order valence-electron chi connectivity index (χ0n) is 13.4. The zero-order valence-corrected chi connectivity index (χ0v) is 13.4. The van der Waals surface area contributed by atoms with E-state index in [0.29, 0.717) is 11.1 Å². The first kappa shape index (κ1) is 15.0. The average Bonchev–Trinajstić information content (AvgIpc) is 2.62. The van der Waals surface area contributed by atoms with Gasteiger partial charge in [0, 0.05) is 10.9 Å². The average molecular weight is 330 g/mol. The van der Waals surface area contributed by atoms with Gasteiger partial charge in [0.1, 0.15) is 17.2 Å². The summed E-state index contributed by atoms with van der Waals surface area (Å²) in [5, 5.41) is 10.4. The van der Waals surface area contributed by atoms with Gasteiger partial charge in [-0.25, -0.2) is 4.79 Å². The van der Waals surface area contributed by atoms with Gasteiger partial charge in [-0.05, 0) is 18.6 Å². The molecule has 25 heavy (non-hydrogen) atoms. The predicted octanol–water partition coefficient (Wildman–Crippen LogP) is 3.32. The largest absolute Gasteiger partial charge is 0.432 e. The lowest BCUT2D eigenvalue weighted by molar-refractivity contribution is 0.368. The summed E-state index contributed by atoms with van der Waals surface area (Å²) in [6, 6.07) is 17.1. The fraction of sp³-hybridized carbons (Fsp3) is 0.100. The molecule has 1 aromatic heterocycles. The van der Waals surface area contributed by atoms with E-state index in [1.54, 1.807) is 12.1 Å². The lowest BCUT2D eigenvalue weighted by atomic mass is 9.82. The summed E-state index contributed by atoms with van der Waals surface area (Å²) in [6.45, 7) is 1.99. The minimum Gasteiger partial charge on any atom is -0.432 e. The molecule has 1 unspecified atom stereocenters. The highest BCUT2D eigenvalue weighted by atomic mass is 16.5. The summed E-state index contributed by atoms with van der Waals surface area (Å²) in [7, 11) is 0. The van der Waals surface area contributed by atoms with Crippen molar-refractivity contribution < 1.29 is 9.15 Å². The lowest BCUT2D eigenvalue weighted by Gasteiger charge is -2.26. The second kappa shape index (κ2) is 5.53. The van der Waals surface area contributed by atoms with Gasteiger partial charge in [0.25, 0.3) is 0 Å². The molecule has 2 aromatic carbocycles. The topological polar surface area (TPSA) is 89.2 Å². The van der Waals surface area contributed by atoms with Crippen molar-refractivity contribution in [3.8, 4) is 11.8 Å². The lowest BCUT2D eigenvalue weighted by Crippen LogP contribution is -2.25. The molecule has 2 heterocycles. The number of benzene rings is 2. The van der Waals surface area contributed by atoms with E-state index in [4.69, 9.17) is 14.9 Å². The summed E-state index contributed by atoms with van der Waals surface area (Å²) in [4.78, 5) is 12.4. The molecule has 0 saturated carbocycles. The van der Waals surface area contributed by atoms with Crippen molar-refractivity contribution in [1.29, 1.82) is 5.26 Å². The number of nitriles is 1. The Morgan fingerprint density at radius 2 is 1.84 bits per heavy atom. The highest BCUT2D eigenvalue weighted by Gasteiger charge is 2.34. The van der Waals surface area contributed by atoms with Crippen LogP contribution in [-0.2, 0) is 0 Å². The van der Waals surface area contributed by atoms with Gasteiger partial charge in [0.05, 0.1) is 5.92 Å². The molecule has 5 heteroatoms. The molecule has 5 nitrogen and oxygen atoms in total. The van der Waals surface area contributed by atoms with E-state index in [9.17, 15) is 10.1 Å². The van der Waals surface area contributed by atoms with Crippen LogP contribution in [0.15, 0.2) is 69.2 Å². The second-order valence-corrected chi connectivity index (χ2v) is 5.96. The molecule has 0 amide bonds. The number of para-hydroxylation sites is 1. The molecule has 0 bridgehead atoms. The smallest absolute Gasteiger partial charge is 0.380 e. The van der Waals surface area contributed by atoms with Crippen LogP contribution in [0, 0.1) is 18.3 Å². The van der Waals surface area contributed by atoms with Crippen LogP contribution in [0.4, 0.5) is 0 Å². The Morgan fingerprint density at radius 1 is 1.12 bits per heavy atom. The van der Waals surface area contributed by atoms with Crippen LogP contribution in [0.3, 0.4) is 0 Å². The fourth-order valence-electron chi connectivity index (χ4n) is 3.20. The number of aryl methyl sites for hydroxylation is 1. The number of rotatable bonds is 1. The van der Waals surface area contributed by atoms with Crippen molar-refractivity contribution in [2.24, 2.45) is 5.73 Å². The van der Waals surface area contributed by atoms with Gasteiger partial charge in [-0.2, -0.15) is 5.26 Å². The molecule has 122 valence electrons. The second-order valence-electron chi connectivity index (χ2n) is 5.96. The maximum atomic E-state index is 12.4. The van der Waals surface area contributed by atoms with Gasteiger partial charge in [-0.1, -0.05) is 48.0 Å². The third-order valence-electron chi connectivity index (χ3n) is 4.40. The summed E-state index contributed by atoms with van der Waals surface area (Å²) >= 11 is 0. The number of nitrogens with two attached hydrogens (primary N) is 1. The standard InChI is InChI=1S/C20H14N2O3/c1-11-6-8-12(9-7-11)16-14(10-21)19(22)25-18-17(16)13-4-2-3-5-15(13)24-20(18)23/h2-9,16H,22H2,1H3. The van der Waals surface area contributed by atoms with Gasteiger partial charge in [-0.3, -0.25) is 0 Å². The Morgan fingerprint density at radius 3 is 2.56 bits per heavy atom. The van der Waals surface area contributed by atoms with Crippen LogP contribution in [0.25, 0.3) is 11.0 Å². The molecule has 3 aromatic rings. The maximum absolute atomic E-state index is 12.4. The van der Waals surface area contributed by atoms with Crippen molar-refractivity contribution >= 4 is 11.0 Å². The van der Waals surface area contributed by atoms with Gasteiger partial charge in [0.2, 0.25) is 11.6 Å². The van der Waals surface area contributed by atoms with Crippen molar-refractivity contribution in [3.05, 3.63) is 87.1 Å². The number of ether oxygens (including phenoxy) is 1. The highest BCUT2D eigenvalue weighted by Crippen LogP contribution is 2.43. The van der Waals surface area contributed by atoms with Gasteiger partial charge >= 0.3 is 5.63 Å². The number of allylic oxidation sites excluding steroid dienone is 1. The Balaban J connectivity index is 2.11. The van der Waals surface area contributed by atoms with Crippen LogP contribution >= 0.6 is 0 Å². The van der Waals surface area contributed by atoms with E-state index in [1.807, 2.05) is 43.3 Å². The quantitative estimate of drug-likeness (QED) is 0.691. The molecule has 0 aliphatic carbocycles. The van der Waals surface area contributed by atoms with Crippen LogP contribution < -0.4 is 16.1 Å². The van der Waals surface area contributed by atoms with E-state index in [1.165, 1.54) is 0 Å². The molecule has 1 aliphatic rings. The highest BCUT2D eigenvalue weighted by molar-refractivity contribution is 5.85. The third-order valence-corrected chi connectivity index (χ3v) is 4.40. The first-order valence-electron chi connectivity index (χ1n) is 7.80. The van der Waals surface area contributed by atoms with Crippen LogP contribution in [0.2, 0.25) is 0 Å². The number of nitrogens with zero attached hydrogens (tertiary/aromatic N) is 1. The predicted molar refractivity (Wildman–Crippen MR) is 93.0 cm³/mol. The molecule has 0 spiro atoms. The molecular weight excluding hydrogens is 316 g/mol. The Bertz CT molecular complexity index is 1120. The zero-order chi connectivity index (χ0) is 17.6. The van der Waals surface area contributed by atoms with Crippen molar-refractivity contribution in [1.82, 2.24) is 0 Å². The SMILES string of the molecule is Cc1ccc(C2C(C#N)=C(N)Oc3c2c2ccccc2oc3=O)cc1. The number of hydrogen-bond donors (Lipinski definition) is 1. The Kier molecular flexibility index (Phi) is 3.33. The first-order chi connectivity index (χ1) is 12.1. The van der Waals surface area contributed by atoms with Crippen LogP contribution in [0.1, 0.15) is 22.6 Å². The van der Waals surface area contributed by atoms with Gasteiger partial charge in [-0.15, -0.1) is 0 Å². The molecular formula is C20H14N2O3. The summed E-state index contributed by atoms with van der Waals surface area (Å²) in [6.07, 6.45) is 0. The molecule has 2 N–H and O–H groups in total. The van der Waals surface area contributed by atoms with Crippen LogP contribution in [-0.4, -0.2) is 0 Å². The minimum atomic E-state index is -0.606. The van der Waals surface area contributed by atoms with E-state index < -0.39 is 11.5 Å². The Labute approximate surface area is 143 Å². The normalized spacial score (nSPS) is 16.2. The monoisotopic (exact) mass is 330 g/mol. The summed E-state index contributed by atoms with van der Waals surface area (Å²) in [5.74, 6) is -0.507. The molecule has 4 rings (SSSR count). The molecule has 0 fully saturated rings. The van der Waals surface area contributed by atoms with E-state index in [2.05, 4.69) is 6.07 Å². The van der Waals surface area contributed by atoms with E-state index in [0.717, 1.165) is 16.5 Å². The number of fused-ring (bicyclic) bond motifs is 3. The van der Waals surface area contributed by atoms with Crippen LogP contribution in [0.5, 0.6) is 5.75 Å². The van der Waals surface area contributed by atoms with Crippen molar-refractivity contribution in [3.63, 3.8) is 0 Å². The van der Waals surface area contributed by atoms with Gasteiger partial charge < -0.3 is 14.9 Å². The molecule has 0 saturated heterocycles. The third kappa shape index (κ3) is 2.27. The molecule has 1 atom stereocenters. The molecule has 0 radical (unpaired) electrons.